The molecule has 6 nitrogen and oxygen atoms in total. The molecule has 0 radical (unpaired) electrons. The Hall–Kier alpha value is -3.41. The fraction of sp³-hybridized carbons (Fsp3) is 0.150. The summed E-state index contributed by atoms with van der Waals surface area (Å²) >= 11 is 0. The summed E-state index contributed by atoms with van der Waals surface area (Å²) in [6, 6.07) is 14.9. The molecule has 132 valence electrons. The van der Waals surface area contributed by atoms with Gasteiger partial charge < -0.3 is 15.5 Å². The highest BCUT2D eigenvalue weighted by atomic mass is 16.4. The second-order valence-electron chi connectivity index (χ2n) is 5.96. The zero-order valence-corrected chi connectivity index (χ0v) is 14.5. The van der Waals surface area contributed by atoms with E-state index in [1.54, 1.807) is 26.0 Å². The summed E-state index contributed by atoms with van der Waals surface area (Å²) in [6.45, 7) is 3.81. The first-order valence-corrected chi connectivity index (χ1v) is 8.15. The van der Waals surface area contributed by atoms with Crippen LogP contribution in [-0.2, 0) is 6.54 Å². The van der Waals surface area contributed by atoms with Crippen LogP contribution in [0.5, 0.6) is 5.75 Å². The largest absolute Gasteiger partial charge is 0.508 e. The lowest BCUT2D eigenvalue weighted by atomic mass is 9.99. The maximum Gasteiger partial charge on any atom is 0.339 e. The molecule has 0 spiro atoms. The highest BCUT2D eigenvalue weighted by molar-refractivity contribution is 5.90. The number of aryl methyl sites for hydroxylation is 2. The number of hydrogen-bond acceptors (Lipinski definition) is 5. The van der Waals surface area contributed by atoms with Gasteiger partial charge in [-0.2, -0.15) is 0 Å². The number of hydrogen-bond donors (Lipinski definition) is 3. The molecule has 0 fully saturated rings. The van der Waals surface area contributed by atoms with Crippen LogP contribution in [0, 0.1) is 13.8 Å². The van der Waals surface area contributed by atoms with Gasteiger partial charge in [0.25, 0.3) is 0 Å². The van der Waals surface area contributed by atoms with E-state index in [0.29, 0.717) is 23.9 Å². The molecule has 0 aliphatic heterocycles. The van der Waals surface area contributed by atoms with Crippen LogP contribution in [0.15, 0.2) is 48.5 Å². The lowest BCUT2D eigenvalue weighted by Crippen LogP contribution is -2.11. The third kappa shape index (κ3) is 3.64. The Bertz CT molecular complexity index is 930. The van der Waals surface area contributed by atoms with E-state index in [2.05, 4.69) is 15.3 Å². The van der Waals surface area contributed by atoms with E-state index in [1.807, 2.05) is 36.4 Å². The molecule has 1 aromatic heterocycles. The number of nitrogens with one attached hydrogen (secondary N) is 1. The minimum Gasteiger partial charge on any atom is -0.508 e. The number of benzene rings is 2. The van der Waals surface area contributed by atoms with Gasteiger partial charge in [0.2, 0.25) is 5.95 Å². The van der Waals surface area contributed by atoms with E-state index < -0.39 is 5.97 Å². The summed E-state index contributed by atoms with van der Waals surface area (Å²) in [5.41, 5.74) is 4.07. The van der Waals surface area contributed by atoms with Crippen molar-refractivity contribution in [1.29, 1.82) is 0 Å². The number of aromatic hydroxyl groups is 1. The van der Waals surface area contributed by atoms with Crippen LogP contribution in [0.2, 0.25) is 0 Å². The fourth-order valence-electron chi connectivity index (χ4n) is 2.88. The molecule has 3 aromatic rings. The minimum absolute atomic E-state index is 0.139. The molecular formula is C20H19N3O3. The molecule has 0 unspecified atom stereocenters. The van der Waals surface area contributed by atoms with E-state index in [1.165, 1.54) is 0 Å². The van der Waals surface area contributed by atoms with Crippen molar-refractivity contribution < 1.29 is 15.0 Å². The van der Waals surface area contributed by atoms with Gasteiger partial charge >= 0.3 is 5.97 Å². The van der Waals surface area contributed by atoms with Gasteiger partial charge in [0.15, 0.2) is 0 Å². The van der Waals surface area contributed by atoms with Crippen molar-refractivity contribution in [1.82, 2.24) is 9.97 Å². The van der Waals surface area contributed by atoms with Gasteiger partial charge in [-0.1, -0.05) is 36.4 Å². The zero-order chi connectivity index (χ0) is 18.7. The van der Waals surface area contributed by atoms with Gasteiger partial charge in [-0.3, -0.25) is 0 Å². The molecule has 0 saturated heterocycles. The maximum absolute atomic E-state index is 11.2. The van der Waals surface area contributed by atoms with E-state index in [9.17, 15) is 15.0 Å². The van der Waals surface area contributed by atoms with Crippen LogP contribution in [0.1, 0.15) is 27.3 Å². The van der Waals surface area contributed by atoms with Crippen molar-refractivity contribution in [2.75, 3.05) is 5.32 Å². The van der Waals surface area contributed by atoms with E-state index >= 15 is 0 Å². The van der Waals surface area contributed by atoms with E-state index in [0.717, 1.165) is 16.7 Å². The number of phenols is 1. The van der Waals surface area contributed by atoms with Crippen LogP contribution >= 0.6 is 0 Å². The first-order valence-electron chi connectivity index (χ1n) is 8.15. The first kappa shape index (κ1) is 17.4. The number of anilines is 1. The number of carbonyl (C=O) groups is 1. The normalized spacial score (nSPS) is 10.5. The predicted octanol–water partition coefficient (Wildman–Crippen LogP) is 3.78. The van der Waals surface area contributed by atoms with Crippen molar-refractivity contribution in [3.8, 4) is 16.9 Å². The summed E-state index contributed by atoms with van der Waals surface area (Å²) in [7, 11) is 0. The molecule has 26 heavy (non-hydrogen) atoms. The number of carboxylic acids is 1. The van der Waals surface area contributed by atoms with Crippen molar-refractivity contribution >= 4 is 11.9 Å². The van der Waals surface area contributed by atoms with Gasteiger partial charge in [-0.15, -0.1) is 0 Å². The Morgan fingerprint density at radius 3 is 2.23 bits per heavy atom. The average Bonchev–Trinajstić information content (AvgIpc) is 2.60. The topological polar surface area (TPSA) is 95.3 Å². The summed E-state index contributed by atoms with van der Waals surface area (Å²) < 4.78 is 0. The Labute approximate surface area is 151 Å². The predicted molar refractivity (Wildman–Crippen MR) is 99.3 cm³/mol. The standard InChI is InChI=1S/C20H19N3O3/c1-12-18(19(25)26)13(2)23-20(22-12)21-11-15-5-3-4-6-17(15)14-7-9-16(24)10-8-14/h3-10,24H,11H2,1-2H3,(H,25,26)(H,21,22,23). The second kappa shape index (κ2) is 7.23. The lowest BCUT2D eigenvalue weighted by Gasteiger charge is -2.12. The van der Waals surface area contributed by atoms with Crippen LogP contribution in [0.25, 0.3) is 11.1 Å². The van der Waals surface area contributed by atoms with Gasteiger partial charge in [-0.25, -0.2) is 14.8 Å². The molecule has 0 amide bonds. The minimum atomic E-state index is -1.02. The molecule has 0 aliphatic rings. The lowest BCUT2D eigenvalue weighted by molar-refractivity contribution is 0.0694. The molecule has 3 rings (SSSR count). The summed E-state index contributed by atoms with van der Waals surface area (Å²) in [6.07, 6.45) is 0. The number of rotatable bonds is 5. The molecule has 0 atom stereocenters. The quantitative estimate of drug-likeness (QED) is 0.649. The number of aromatic nitrogens is 2. The highest BCUT2D eigenvalue weighted by Crippen LogP contribution is 2.26. The summed E-state index contributed by atoms with van der Waals surface area (Å²) in [5.74, 6) is -0.406. The smallest absolute Gasteiger partial charge is 0.339 e. The van der Waals surface area contributed by atoms with Crippen LogP contribution < -0.4 is 5.32 Å². The van der Waals surface area contributed by atoms with Gasteiger partial charge in [0.05, 0.1) is 11.4 Å². The number of nitrogens with zero attached hydrogens (tertiary/aromatic N) is 2. The molecule has 6 heteroatoms. The molecule has 0 saturated carbocycles. The Kier molecular flexibility index (Phi) is 4.84. The van der Waals surface area contributed by atoms with Gasteiger partial charge in [0.1, 0.15) is 11.3 Å². The molecule has 3 N–H and O–H groups in total. The number of aromatic carboxylic acids is 1. The van der Waals surface area contributed by atoms with E-state index in [-0.39, 0.29) is 11.3 Å². The third-order valence-corrected chi connectivity index (χ3v) is 4.12. The fourth-order valence-corrected chi connectivity index (χ4v) is 2.88. The zero-order valence-electron chi connectivity index (χ0n) is 14.5. The maximum atomic E-state index is 11.2. The van der Waals surface area contributed by atoms with Crippen LogP contribution in [-0.4, -0.2) is 26.2 Å². The molecular weight excluding hydrogens is 330 g/mol. The first-order chi connectivity index (χ1) is 12.5. The number of carboxylic acid groups (broad SMARTS) is 1. The third-order valence-electron chi connectivity index (χ3n) is 4.12. The molecule has 1 heterocycles. The average molecular weight is 349 g/mol. The number of phenolic OH excluding ortho intramolecular Hbond substituents is 1. The van der Waals surface area contributed by atoms with Crippen molar-refractivity contribution in [3.05, 3.63) is 71.0 Å². The van der Waals surface area contributed by atoms with Crippen molar-refractivity contribution in [2.45, 2.75) is 20.4 Å². The monoisotopic (exact) mass is 349 g/mol. The summed E-state index contributed by atoms with van der Waals surface area (Å²) in [4.78, 5) is 19.7. The van der Waals surface area contributed by atoms with Crippen molar-refractivity contribution in [3.63, 3.8) is 0 Å². The molecule has 2 aromatic carbocycles. The van der Waals surface area contributed by atoms with Gasteiger partial charge in [0, 0.05) is 6.54 Å². The van der Waals surface area contributed by atoms with E-state index in [4.69, 9.17) is 0 Å². The second-order valence-corrected chi connectivity index (χ2v) is 5.96. The van der Waals surface area contributed by atoms with Crippen LogP contribution in [0.3, 0.4) is 0 Å². The highest BCUT2D eigenvalue weighted by Gasteiger charge is 2.15. The Balaban J connectivity index is 1.85. The van der Waals surface area contributed by atoms with Crippen LogP contribution in [0.4, 0.5) is 5.95 Å². The molecule has 0 aliphatic carbocycles. The molecule has 0 bridgehead atoms. The SMILES string of the molecule is Cc1nc(NCc2ccccc2-c2ccc(O)cc2)nc(C)c1C(=O)O. The Morgan fingerprint density at radius 1 is 1.00 bits per heavy atom. The summed E-state index contributed by atoms with van der Waals surface area (Å²) in [5, 5.41) is 21.8. The Morgan fingerprint density at radius 2 is 1.62 bits per heavy atom. The van der Waals surface area contributed by atoms with Gasteiger partial charge in [-0.05, 0) is 42.7 Å². The van der Waals surface area contributed by atoms with Crippen molar-refractivity contribution in [2.24, 2.45) is 0 Å².